The average Bonchev–Trinajstić information content (AvgIpc) is 3.18. The second-order valence-electron chi connectivity index (χ2n) is 7.07. The van der Waals surface area contributed by atoms with E-state index < -0.39 is 18.6 Å². The van der Waals surface area contributed by atoms with Crippen LogP contribution in [0.4, 0.5) is 11.5 Å². The van der Waals surface area contributed by atoms with Crippen molar-refractivity contribution in [3.05, 3.63) is 77.9 Å². The summed E-state index contributed by atoms with van der Waals surface area (Å²) >= 11 is 0. The number of aliphatic carboxylic acids is 1. The summed E-state index contributed by atoms with van der Waals surface area (Å²) in [5.41, 5.74) is 5.50. The smallest absolute Gasteiger partial charge is 0.330 e. The minimum absolute atomic E-state index is 0.551. The fraction of sp³-hybridized carbons (Fsp3) is 0.125. The Bertz CT molecular complexity index is 1250. The van der Waals surface area contributed by atoms with Gasteiger partial charge >= 0.3 is 5.97 Å². The number of aliphatic imine (C=N–C) groups is 1. The number of hydrogen-bond donors (Lipinski definition) is 3. The van der Waals surface area contributed by atoms with Crippen molar-refractivity contribution >= 4 is 34.7 Å². The number of aliphatic hydroxyl groups is 1. The van der Waals surface area contributed by atoms with Crippen molar-refractivity contribution in [2.45, 2.75) is 13.0 Å². The molecule has 4 rings (SSSR count). The molecule has 0 aliphatic carbocycles. The number of aliphatic hydroxyl groups excluding tert-OH is 1. The predicted molar refractivity (Wildman–Crippen MR) is 120 cm³/mol. The number of carboxylic acids is 1. The van der Waals surface area contributed by atoms with Crippen molar-refractivity contribution in [3.63, 3.8) is 0 Å². The zero-order valence-corrected chi connectivity index (χ0v) is 16.8. The minimum Gasteiger partial charge on any atom is -0.480 e. The zero-order valence-electron chi connectivity index (χ0n) is 16.8. The molecule has 31 heavy (non-hydrogen) atoms. The molecule has 0 unspecified atom stereocenters. The van der Waals surface area contributed by atoms with Crippen molar-refractivity contribution in [3.8, 4) is 11.1 Å². The van der Waals surface area contributed by atoms with Crippen molar-refractivity contribution in [2.75, 3.05) is 11.9 Å². The largest absolute Gasteiger partial charge is 0.480 e. The van der Waals surface area contributed by atoms with Crippen LogP contribution in [-0.4, -0.2) is 40.2 Å². The van der Waals surface area contributed by atoms with Crippen LogP contribution in [0.3, 0.4) is 0 Å². The lowest BCUT2D eigenvalue weighted by Crippen LogP contribution is -2.22. The Morgan fingerprint density at radius 1 is 1.16 bits per heavy atom. The number of carboxylic acid groups (broad SMARTS) is 1. The van der Waals surface area contributed by atoms with Crippen LogP contribution in [-0.2, 0) is 4.79 Å². The van der Waals surface area contributed by atoms with Gasteiger partial charge in [0.2, 0.25) is 0 Å². The number of carbonyl (C=O) groups is 1. The summed E-state index contributed by atoms with van der Waals surface area (Å²) in [6.07, 6.45) is 1.42. The summed E-state index contributed by atoms with van der Waals surface area (Å²) in [6, 6.07) is 20.3. The second-order valence-corrected chi connectivity index (χ2v) is 7.07. The van der Waals surface area contributed by atoms with E-state index in [-0.39, 0.29) is 0 Å². The molecule has 7 nitrogen and oxygen atoms in total. The van der Waals surface area contributed by atoms with Gasteiger partial charge in [-0.15, -0.1) is 0 Å². The average molecular weight is 415 g/mol. The summed E-state index contributed by atoms with van der Waals surface area (Å²) in [4.78, 5) is 15.0. The van der Waals surface area contributed by atoms with Gasteiger partial charge < -0.3 is 20.1 Å². The normalized spacial score (nSPS) is 12.3. The monoisotopic (exact) mass is 415 g/mol. The molecule has 1 aromatic heterocycles. The molecule has 0 aliphatic rings. The van der Waals surface area contributed by atoms with Gasteiger partial charge in [0.15, 0.2) is 17.4 Å². The molecule has 0 bridgehead atoms. The van der Waals surface area contributed by atoms with Crippen molar-refractivity contribution in [1.82, 2.24) is 5.16 Å². The summed E-state index contributed by atoms with van der Waals surface area (Å²) in [6.45, 7) is 1.48. The minimum atomic E-state index is -1.20. The van der Waals surface area contributed by atoms with E-state index in [1.807, 2.05) is 43.3 Å². The van der Waals surface area contributed by atoms with Gasteiger partial charge in [0.1, 0.15) is 0 Å². The lowest BCUT2D eigenvalue weighted by atomic mass is 9.99. The molecule has 3 aromatic carbocycles. The Kier molecular flexibility index (Phi) is 5.77. The molecule has 7 heteroatoms. The quantitative estimate of drug-likeness (QED) is 0.386. The number of nitrogens with zero attached hydrogens (tertiary/aromatic N) is 2. The van der Waals surface area contributed by atoms with Crippen molar-refractivity contribution in [1.29, 1.82) is 0 Å². The van der Waals surface area contributed by atoms with Crippen LogP contribution in [0, 0.1) is 6.92 Å². The van der Waals surface area contributed by atoms with Crippen LogP contribution in [0.1, 0.15) is 11.1 Å². The van der Waals surface area contributed by atoms with Gasteiger partial charge in [-0.1, -0.05) is 47.6 Å². The summed E-state index contributed by atoms with van der Waals surface area (Å²) < 4.78 is 5.42. The topological polar surface area (TPSA) is 108 Å². The van der Waals surface area contributed by atoms with E-state index in [2.05, 4.69) is 33.7 Å². The Balaban J connectivity index is 1.65. The fourth-order valence-corrected chi connectivity index (χ4v) is 3.32. The number of fused-ring (bicyclic) bond motifs is 1. The van der Waals surface area contributed by atoms with E-state index >= 15 is 0 Å². The molecule has 4 aromatic rings. The van der Waals surface area contributed by atoms with Gasteiger partial charge in [-0.2, -0.15) is 0 Å². The highest BCUT2D eigenvalue weighted by Crippen LogP contribution is 2.32. The number of rotatable bonds is 7. The highest BCUT2D eigenvalue weighted by atomic mass is 16.5. The lowest BCUT2D eigenvalue weighted by Gasteiger charge is -2.12. The van der Waals surface area contributed by atoms with E-state index in [0.29, 0.717) is 17.0 Å². The Morgan fingerprint density at radius 2 is 1.97 bits per heavy atom. The Labute approximate surface area is 178 Å². The number of hydrogen-bond acceptors (Lipinski definition) is 6. The molecular formula is C24H21N3O4. The number of anilines is 2. The molecular weight excluding hydrogens is 394 g/mol. The maximum absolute atomic E-state index is 11.0. The van der Waals surface area contributed by atoms with Crippen LogP contribution in [0.2, 0.25) is 0 Å². The first-order chi connectivity index (χ1) is 15.1. The fourth-order valence-electron chi connectivity index (χ4n) is 3.32. The second kappa shape index (κ2) is 8.81. The van der Waals surface area contributed by atoms with Crippen LogP contribution in [0.25, 0.3) is 22.1 Å². The van der Waals surface area contributed by atoms with Crippen LogP contribution >= 0.6 is 0 Å². The first-order valence-corrected chi connectivity index (χ1v) is 9.75. The highest BCUT2D eigenvalue weighted by molar-refractivity contribution is 5.95. The SMILES string of the molecule is Cc1c(Nc2noc3ccc(C=N[C@@H](CO)C(=O)O)cc23)cccc1-c1ccccc1. The molecule has 0 saturated heterocycles. The van der Waals surface area contributed by atoms with Crippen molar-refractivity contribution in [2.24, 2.45) is 4.99 Å². The maximum Gasteiger partial charge on any atom is 0.330 e. The van der Waals surface area contributed by atoms with E-state index in [4.69, 9.17) is 14.7 Å². The first-order valence-electron chi connectivity index (χ1n) is 9.75. The van der Waals surface area contributed by atoms with Crippen LogP contribution in [0.5, 0.6) is 0 Å². The van der Waals surface area contributed by atoms with Gasteiger partial charge in [0, 0.05) is 11.9 Å². The van der Waals surface area contributed by atoms with Crippen LogP contribution < -0.4 is 5.32 Å². The molecule has 0 saturated carbocycles. The predicted octanol–water partition coefficient (Wildman–Crippen LogP) is 4.41. The van der Waals surface area contributed by atoms with E-state index in [0.717, 1.165) is 27.8 Å². The number of nitrogens with one attached hydrogen (secondary N) is 1. The summed E-state index contributed by atoms with van der Waals surface area (Å²) in [5, 5.41) is 26.4. The molecule has 1 heterocycles. The lowest BCUT2D eigenvalue weighted by molar-refractivity contribution is -0.139. The zero-order chi connectivity index (χ0) is 21.8. The van der Waals surface area contributed by atoms with Gasteiger partial charge in [-0.05, 0) is 53.4 Å². The molecule has 0 fully saturated rings. The van der Waals surface area contributed by atoms with E-state index in [1.54, 1.807) is 12.1 Å². The van der Waals surface area contributed by atoms with E-state index in [9.17, 15) is 4.79 Å². The standard InChI is InChI=1S/C24H21N3O4/c1-15-18(17-6-3-2-4-7-17)8-5-9-20(15)26-23-19-12-16(10-11-22(19)31-27-23)13-25-21(14-28)24(29)30/h2-13,21,28H,14H2,1H3,(H,26,27)(H,29,30)/t21-/m0/s1. The number of aromatic nitrogens is 1. The Hall–Kier alpha value is -3.97. The molecule has 156 valence electrons. The van der Waals surface area contributed by atoms with Gasteiger partial charge in [-0.3, -0.25) is 4.99 Å². The maximum atomic E-state index is 11.0. The molecule has 0 spiro atoms. The third-order valence-electron chi connectivity index (χ3n) is 5.03. The Morgan fingerprint density at radius 3 is 2.71 bits per heavy atom. The summed E-state index contributed by atoms with van der Waals surface area (Å²) in [5.74, 6) is -0.628. The van der Waals surface area contributed by atoms with Gasteiger partial charge in [0.25, 0.3) is 0 Å². The van der Waals surface area contributed by atoms with Crippen LogP contribution in [0.15, 0.2) is 76.2 Å². The third kappa shape index (κ3) is 4.31. The summed E-state index contributed by atoms with van der Waals surface area (Å²) in [7, 11) is 0. The van der Waals surface area contributed by atoms with Crippen molar-refractivity contribution < 1.29 is 19.5 Å². The van der Waals surface area contributed by atoms with E-state index in [1.165, 1.54) is 6.21 Å². The first kappa shape index (κ1) is 20.3. The van der Waals surface area contributed by atoms with Gasteiger partial charge in [0.05, 0.1) is 12.0 Å². The highest BCUT2D eigenvalue weighted by Gasteiger charge is 2.14. The molecule has 3 N–H and O–H groups in total. The van der Waals surface area contributed by atoms with Gasteiger partial charge in [-0.25, -0.2) is 4.79 Å². The molecule has 0 aliphatic heterocycles. The molecule has 1 atom stereocenters. The number of benzene rings is 3. The molecule has 0 radical (unpaired) electrons. The third-order valence-corrected chi connectivity index (χ3v) is 5.03. The molecule has 0 amide bonds.